The number of carbonyl (C=O) groups is 1. The highest BCUT2D eigenvalue weighted by molar-refractivity contribution is 7.89. The van der Waals surface area contributed by atoms with Gasteiger partial charge in [0.05, 0.1) is 32.1 Å². The quantitative estimate of drug-likeness (QED) is 0.729. The maximum atomic E-state index is 14.5. The molecule has 0 spiro atoms. The molecule has 2 saturated heterocycles. The number of ether oxygens (including phenoxy) is 2. The molecule has 1 aromatic heterocycles. The molecule has 0 bridgehead atoms. The summed E-state index contributed by atoms with van der Waals surface area (Å²) in [6, 6.07) is 5.75. The molecule has 2 aliphatic heterocycles. The van der Waals surface area contributed by atoms with Gasteiger partial charge >= 0.3 is 0 Å². The van der Waals surface area contributed by atoms with Crippen molar-refractivity contribution >= 4 is 27.3 Å². The number of morpholine rings is 2. The van der Waals surface area contributed by atoms with E-state index in [0.717, 1.165) is 0 Å². The SMILES string of the molecule is O=C(Nc1ccc(N2CCOCC2)c(F)c1)c1cc(S(=O)(=O)N2CCOCC2)c[nH]1. The Morgan fingerprint density at radius 3 is 2.37 bits per heavy atom. The van der Waals surface area contributed by atoms with Crippen LogP contribution in [0.3, 0.4) is 0 Å². The molecule has 1 amide bonds. The maximum absolute atomic E-state index is 14.5. The Labute approximate surface area is 173 Å². The Hall–Kier alpha value is -2.47. The van der Waals surface area contributed by atoms with E-state index in [0.29, 0.717) is 45.2 Å². The zero-order valence-electron chi connectivity index (χ0n) is 16.3. The minimum Gasteiger partial charge on any atom is -0.379 e. The molecule has 3 heterocycles. The van der Waals surface area contributed by atoms with Crippen molar-refractivity contribution in [2.24, 2.45) is 0 Å². The smallest absolute Gasteiger partial charge is 0.272 e. The Morgan fingerprint density at radius 2 is 1.70 bits per heavy atom. The number of sulfonamides is 1. The lowest BCUT2D eigenvalue weighted by Crippen LogP contribution is -2.40. The summed E-state index contributed by atoms with van der Waals surface area (Å²) in [6.07, 6.45) is 1.28. The predicted molar refractivity (Wildman–Crippen MR) is 108 cm³/mol. The molecule has 30 heavy (non-hydrogen) atoms. The lowest BCUT2D eigenvalue weighted by atomic mass is 10.2. The van der Waals surface area contributed by atoms with E-state index in [2.05, 4.69) is 10.3 Å². The van der Waals surface area contributed by atoms with Crippen molar-refractivity contribution in [3.05, 3.63) is 42.0 Å². The van der Waals surface area contributed by atoms with Crippen molar-refractivity contribution in [1.29, 1.82) is 0 Å². The highest BCUT2D eigenvalue weighted by Gasteiger charge is 2.28. The van der Waals surface area contributed by atoms with Gasteiger partial charge < -0.3 is 24.7 Å². The third kappa shape index (κ3) is 4.33. The molecule has 162 valence electrons. The molecule has 0 radical (unpaired) electrons. The fraction of sp³-hybridized carbons (Fsp3) is 0.421. The van der Waals surface area contributed by atoms with Crippen LogP contribution in [-0.2, 0) is 19.5 Å². The van der Waals surface area contributed by atoms with Crippen LogP contribution in [0.4, 0.5) is 15.8 Å². The average Bonchev–Trinajstić information content (AvgIpc) is 3.27. The third-order valence-corrected chi connectivity index (χ3v) is 6.94. The summed E-state index contributed by atoms with van der Waals surface area (Å²) in [4.78, 5) is 17.1. The first kappa shape index (κ1) is 20.8. The van der Waals surface area contributed by atoms with Gasteiger partial charge in [0.2, 0.25) is 10.0 Å². The largest absolute Gasteiger partial charge is 0.379 e. The molecule has 0 aliphatic carbocycles. The number of nitrogens with one attached hydrogen (secondary N) is 2. The average molecular weight is 438 g/mol. The van der Waals surface area contributed by atoms with Gasteiger partial charge in [0.15, 0.2) is 0 Å². The number of benzene rings is 1. The van der Waals surface area contributed by atoms with Crippen molar-refractivity contribution in [2.75, 3.05) is 62.8 Å². The highest BCUT2D eigenvalue weighted by Crippen LogP contribution is 2.24. The van der Waals surface area contributed by atoms with Crippen LogP contribution in [-0.4, -0.2) is 76.2 Å². The van der Waals surface area contributed by atoms with E-state index in [-0.39, 0.29) is 29.4 Å². The summed E-state index contributed by atoms with van der Waals surface area (Å²) in [5.74, 6) is -1.01. The molecule has 1 aromatic carbocycles. The van der Waals surface area contributed by atoms with Crippen molar-refractivity contribution in [2.45, 2.75) is 4.90 Å². The minimum absolute atomic E-state index is 0.00314. The lowest BCUT2D eigenvalue weighted by molar-refractivity contribution is 0.0730. The van der Waals surface area contributed by atoms with Gasteiger partial charge in [-0.05, 0) is 24.3 Å². The molecule has 2 aromatic rings. The molecule has 0 atom stereocenters. The van der Waals surface area contributed by atoms with Gasteiger partial charge in [0.1, 0.15) is 16.4 Å². The topological polar surface area (TPSA) is 104 Å². The zero-order chi connectivity index (χ0) is 21.1. The van der Waals surface area contributed by atoms with Crippen LogP contribution in [0.5, 0.6) is 0 Å². The normalized spacial score (nSPS) is 18.4. The Balaban J connectivity index is 1.45. The van der Waals surface area contributed by atoms with Gasteiger partial charge in [-0.3, -0.25) is 4.79 Å². The maximum Gasteiger partial charge on any atom is 0.272 e. The van der Waals surface area contributed by atoms with Crippen molar-refractivity contribution in [3.63, 3.8) is 0 Å². The molecule has 9 nitrogen and oxygen atoms in total. The highest BCUT2D eigenvalue weighted by atomic mass is 32.2. The lowest BCUT2D eigenvalue weighted by Gasteiger charge is -2.29. The summed E-state index contributed by atoms with van der Waals surface area (Å²) in [7, 11) is -3.71. The summed E-state index contributed by atoms with van der Waals surface area (Å²) in [5.41, 5.74) is 0.802. The van der Waals surface area contributed by atoms with Crippen molar-refractivity contribution in [1.82, 2.24) is 9.29 Å². The second-order valence-electron chi connectivity index (χ2n) is 6.99. The Morgan fingerprint density at radius 1 is 1.03 bits per heavy atom. The summed E-state index contributed by atoms with van der Waals surface area (Å²) in [5, 5.41) is 2.59. The number of halogens is 1. The third-order valence-electron chi connectivity index (χ3n) is 5.07. The van der Waals surface area contributed by atoms with Gasteiger partial charge in [-0.1, -0.05) is 0 Å². The number of anilines is 2. The summed E-state index contributed by atoms with van der Waals surface area (Å²) < 4.78 is 51.6. The molecule has 2 aliphatic rings. The van der Waals surface area contributed by atoms with E-state index < -0.39 is 21.7 Å². The van der Waals surface area contributed by atoms with Gasteiger partial charge in [-0.15, -0.1) is 0 Å². The number of hydrogen-bond donors (Lipinski definition) is 2. The Bertz CT molecular complexity index is 1010. The van der Waals surface area contributed by atoms with Crippen LogP contribution in [0.15, 0.2) is 35.4 Å². The second kappa shape index (κ2) is 8.72. The van der Waals surface area contributed by atoms with Gasteiger partial charge in [0.25, 0.3) is 5.91 Å². The number of nitrogens with zero attached hydrogens (tertiary/aromatic N) is 2. The van der Waals surface area contributed by atoms with E-state index in [1.54, 1.807) is 12.1 Å². The van der Waals surface area contributed by atoms with Crippen LogP contribution in [0.25, 0.3) is 0 Å². The van der Waals surface area contributed by atoms with E-state index in [1.165, 1.54) is 22.6 Å². The summed E-state index contributed by atoms with van der Waals surface area (Å²) >= 11 is 0. The monoisotopic (exact) mass is 438 g/mol. The number of carbonyl (C=O) groups excluding carboxylic acids is 1. The van der Waals surface area contributed by atoms with E-state index in [9.17, 15) is 17.6 Å². The van der Waals surface area contributed by atoms with Crippen molar-refractivity contribution in [3.8, 4) is 0 Å². The molecule has 0 unspecified atom stereocenters. The van der Waals surface area contributed by atoms with Crippen LogP contribution in [0, 0.1) is 5.82 Å². The van der Waals surface area contributed by atoms with E-state index >= 15 is 0 Å². The fourth-order valence-corrected chi connectivity index (χ4v) is 4.84. The number of aromatic amines is 1. The molecular weight excluding hydrogens is 415 g/mol. The molecule has 2 fully saturated rings. The first-order valence-electron chi connectivity index (χ1n) is 9.65. The van der Waals surface area contributed by atoms with E-state index in [1.807, 2.05) is 4.90 Å². The summed E-state index contributed by atoms with van der Waals surface area (Å²) in [6.45, 7) is 3.50. The standard InChI is InChI=1S/C19H23FN4O5S/c20-16-11-14(1-2-18(16)23-3-7-28-8-4-23)22-19(25)17-12-15(13-21-17)30(26,27)24-5-9-29-10-6-24/h1-2,11-13,21H,3-10H2,(H,22,25). The van der Waals surface area contributed by atoms with E-state index in [4.69, 9.17) is 9.47 Å². The molecule has 11 heteroatoms. The number of hydrogen-bond acceptors (Lipinski definition) is 6. The minimum atomic E-state index is -3.71. The predicted octanol–water partition coefficient (Wildman–Crippen LogP) is 1.26. The number of rotatable bonds is 5. The molecule has 4 rings (SSSR count). The fourth-order valence-electron chi connectivity index (χ4n) is 3.43. The molecular formula is C19H23FN4O5S. The van der Waals surface area contributed by atoms with Crippen LogP contribution < -0.4 is 10.2 Å². The first-order valence-corrected chi connectivity index (χ1v) is 11.1. The van der Waals surface area contributed by atoms with Crippen LogP contribution in [0.1, 0.15) is 10.5 Å². The molecule has 2 N–H and O–H groups in total. The second-order valence-corrected chi connectivity index (χ2v) is 8.92. The number of aromatic nitrogens is 1. The molecule has 0 saturated carbocycles. The number of amides is 1. The van der Waals surface area contributed by atoms with Crippen molar-refractivity contribution < 1.29 is 27.1 Å². The van der Waals surface area contributed by atoms with Gasteiger partial charge in [-0.25, -0.2) is 12.8 Å². The first-order chi connectivity index (χ1) is 14.4. The zero-order valence-corrected chi connectivity index (χ0v) is 17.1. The Kier molecular flexibility index (Phi) is 6.04. The van der Waals surface area contributed by atoms with Crippen LogP contribution >= 0.6 is 0 Å². The van der Waals surface area contributed by atoms with Gasteiger partial charge in [-0.2, -0.15) is 4.31 Å². The number of H-pyrrole nitrogens is 1. The van der Waals surface area contributed by atoms with Crippen LogP contribution in [0.2, 0.25) is 0 Å². The van der Waals surface area contributed by atoms with Gasteiger partial charge in [0, 0.05) is 38.1 Å².